The predicted octanol–water partition coefficient (Wildman–Crippen LogP) is 4.29. The molecule has 8 nitrogen and oxygen atoms in total. The van der Waals surface area contributed by atoms with E-state index >= 15 is 0 Å². The molecule has 1 aliphatic rings. The average molecular weight is 472 g/mol. The molecule has 2 N–H and O–H groups in total. The highest BCUT2D eigenvalue weighted by Gasteiger charge is 2.22. The van der Waals surface area contributed by atoms with Gasteiger partial charge in [0.2, 0.25) is 5.95 Å². The van der Waals surface area contributed by atoms with Crippen molar-refractivity contribution in [2.24, 2.45) is 0 Å². The molecule has 0 saturated carbocycles. The second-order valence-electron chi connectivity index (χ2n) is 10.5. The van der Waals surface area contributed by atoms with Gasteiger partial charge in [-0.3, -0.25) is 4.79 Å². The number of rotatable bonds is 4. The van der Waals surface area contributed by atoms with Crippen molar-refractivity contribution in [2.45, 2.75) is 58.9 Å². The topological polar surface area (TPSA) is 89.7 Å². The van der Waals surface area contributed by atoms with Crippen molar-refractivity contribution in [1.29, 1.82) is 0 Å². The first kappa shape index (κ1) is 23.2. The van der Waals surface area contributed by atoms with Gasteiger partial charge >= 0.3 is 0 Å². The van der Waals surface area contributed by atoms with E-state index in [1.807, 2.05) is 36.7 Å². The third-order valence-corrected chi connectivity index (χ3v) is 6.44. The average Bonchev–Trinajstić information content (AvgIpc) is 2.95. The summed E-state index contributed by atoms with van der Waals surface area (Å²) in [6.45, 7) is 12.3. The van der Waals surface area contributed by atoms with Crippen molar-refractivity contribution < 1.29 is 0 Å². The number of hydrogen-bond donors (Lipinski definition) is 2. The Labute approximate surface area is 205 Å². The molecule has 1 aliphatic heterocycles. The zero-order chi connectivity index (χ0) is 24.7. The number of aromatic nitrogens is 5. The first-order chi connectivity index (χ1) is 16.7. The number of nitrogens with zero attached hydrogens (tertiary/aromatic N) is 5. The van der Waals surface area contributed by atoms with E-state index in [2.05, 4.69) is 54.6 Å². The summed E-state index contributed by atoms with van der Waals surface area (Å²) in [5.41, 5.74) is 4.91. The van der Waals surface area contributed by atoms with Crippen molar-refractivity contribution >= 4 is 22.7 Å². The molecule has 8 heteroatoms. The quantitative estimate of drug-likeness (QED) is 0.462. The summed E-state index contributed by atoms with van der Waals surface area (Å²) >= 11 is 0. The Balaban J connectivity index is 1.61. The fourth-order valence-corrected chi connectivity index (χ4v) is 4.59. The molecule has 35 heavy (non-hydrogen) atoms. The molecule has 182 valence electrons. The van der Waals surface area contributed by atoms with Crippen LogP contribution in [0.2, 0.25) is 0 Å². The van der Waals surface area contributed by atoms with Crippen molar-refractivity contribution in [1.82, 2.24) is 29.6 Å². The maximum Gasteiger partial charge on any atom is 0.278 e. The molecule has 4 aromatic rings. The van der Waals surface area contributed by atoms with Crippen LogP contribution in [0.3, 0.4) is 0 Å². The van der Waals surface area contributed by atoms with Crippen molar-refractivity contribution in [3.05, 3.63) is 69.8 Å². The molecular formula is C27H33N7O. The predicted molar refractivity (Wildman–Crippen MR) is 140 cm³/mol. The molecule has 0 radical (unpaired) electrons. The standard InChI is InChI=1S/C27H33N7O/c1-17(2)33-25(35)21-16-29-26(30-20-10-9-18-11-13-28-14-12-19(18)15-20)32-24(21)34(33)23-8-6-7-22(31-23)27(3,4)5/h6-10,15-17,28H,11-14H2,1-5H3,(H,29,30,32). The molecule has 0 spiro atoms. The molecule has 0 bridgehead atoms. The van der Waals surface area contributed by atoms with Gasteiger partial charge in [0.25, 0.3) is 5.56 Å². The molecule has 0 fully saturated rings. The highest BCUT2D eigenvalue weighted by atomic mass is 16.1. The molecule has 3 aromatic heterocycles. The number of nitrogens with one attached hydrogen (secondary N) is 2. The molecule has 0 atom stereocenters. The summed E-state index contributed by atoms with van der Waals surface area (Å²) in [5.74, 6) is 1.12. The molecule has 0 unspecified atom stereocenters. The van der Waals surface area contributed by atoms with E-state index in [1.54, 1.807) is 10.9 Å². The summed E-state index contributed by atoms with van der Waals surface area (Å²) < 4.78 is 3.53. The van der Waals surface area contributed by atoms with Crippen molar-refractivity contribution in [3.8, 4) is 5.82 Å². The zero-order valence-electron chi connectivity index (χ0n) is 21.1. The second-order valence-corrected chi connectivity index (χ2v) is 10.5. The number of fused-ring (bicyclic) bond motifs is 2. The SMILES string of the molecule is CC(C)n1c(=O)c2cnc(Nc3ccc4c(c3)CCNCC4)nc2n1-c1cccc(C(C)(C)C)n1. The van der Waals surface area contributed by atoms with E-state index < -0.39 is 0 Å². The molecule has 0 aliphatic carbocycles. The minimum absolute atomic E-state index is 0.0774. The minimum Gasteiger partial charge on any atom is -0.324 e. The Morgan fingerprint density at radius 3 is 2.54 bits per heavy atom. The molecule has 0 amide bonds. The monoisotopic (exact) mass is 471 g/mol. The van der Waals surface area contributed by atoms with E-state index in [0.29, 0.717) is 22.8 Å². The second kappa shape index (κ2) is 8.92. The van der Waals surface area contributed by atoms with Crippen LogP contribution in [0.4, 0.5) is 11.6 Å². The largest absolute Gasteiger partial charge is 0.324 e. The van der Waals surface area contributed by atoms with Gasteiger partial charge in [-0.2, -0.15) is 4.98 Å². The van der Waals surface area contributed by atoms with Crippen molar-refractivity contribution in [2.75, 3.05) is 18.4 Å². The van der Waals surface area contributed by atoms with Crippen LogP contribution in [0.25, 0.3) is 16.9 Å². The van der Waals surface area contributed by atoms with E-state index in [0.717, 1.165) is 37.3 Å². The number of anilines is 2. The van der Waals surface area contributed by atoms with E-state index in [4.69, 9.17) is 9.97 Å². The van der Waals surface area contributed by atoms with Gasteiger partial charge in [-0.1, -0.05) is 32.9 Å². The van der Waals surface area contributed by atoms with Crippen molar-refractivity contribution in [3.63, 3.8) is 0 Å². The number of pyridine rings is 1. The Kier molecular flexibility index (Phi) is 5.92. The zero-order valence-corrected chi connectivity index (χ0v) is 21.1. The van der Waals surface area contributed by atoms with Gasteiger partial charge in [0.05, 0.1) is 0 Å². The van der Waals surface area contributed by atoms with Crippen LogP contribution in [-0.2, 0) is 18.3 Å². The smallest absolute Gasteiger partial charge is 0.278 e. The van der Waals surface area contributed by atoms with E-state index in [1.165, 1.54) is 11.1 Å². The first-order valence-corrected chi connectivity index (χ1v) is 12.3. The van der Waals surface area contributed by atoms with Gasteiger partial charge in [0.1, 0.15) is 5.39 Å². The van der Waals surface area contributed by atoms with Crippen LogP contribution in [-0.4, -0.2) is 37.4 Å². The lowest BCUT2D eigenvalue weighted by molar-refractivity contribution is 0.469. The lowest BCUT2D eigenvalue weighted by Gasteiger charge is -2.20. The summed E-state index contributed by atoms with van der Waals surface area (Å²) in [6, 6.07) is 12.3. The van der Waals surface area contributed by atoms with Crippen LogP contribution in [0, 0.1) is 0 Å². The Hall–Kier alpha value is -3.52. The molecule has 1 aromatic carbocycles. The maximum absolute atomic E-state index is 13.3. The molecule has 4 heterocycles. The minimum atomic E-state index is -0.123. The van der Waals surface area contributed by atoms with Crippen LogP contribution < -0.4 is 16.2 Å². The highest BCUT2D eigenvalue weighted by Crippen LogP contribution is 2.25. The fraction of sp³-hybridized carbons (Fsp3) is 0.407. The summed E-state index contributed by atoms with van der Waals surface area (Å²) in [5, 5.41) is 7.27. The lowest BCUT2D eigenvalue weighted by Crippen LogP contribution is -2.25. The summed E-state index contributed by atoms with van der Waals surface area (Å²) in [4.78, 5) is 27.5. The first-order valence-electron chi connectivity index (χ1n) is 12.3. The number of benzene rings is 1. The van der Waals surface area contributed by atoms with Gasteiger partial charge in [0, 0.05) is 29.0 Å². The Morgan fingerprint density at radius 2 is 1.80 bits per heavy atom. The summed E-state index contributed by atoms with van der Waals surface area (Å²) in [6.07, 6.45) is 3.65. The number of hydrogen-bond acceptors (Lipinski definition) is 6. The van der Waals surface area contributed by atoms with Gasteiger partial charge in [-0.15, -0.1) is 0 Å². The third-order valence-electron chi connectivity index (χ3n) is 6.44. The highest BCUT2D eigenvalue weighted by molar-refractivity contribution is 5.77. The Bertz CT molecular complexity index is 1440. The van der Waals surface area contributed by atoms with Gasteiger partial charge < -0.3 is 10.6 Å². The van der Waals surface area contributed by atoms with Gasteiger partial charge in [-0.05, 0) is 75.2 Å². The molecular weight excluding hydrogens is 438 g/mol. The summed E-state index contributed by atoms with van der Waals surface area (Å²) in [7, 11) is 0. The van der Waals surface area contributed by atoms with Crippen LogP contribution in [0.15, 0.2) is 47.4 Å². The maximum atomic E-state index is 13.3. The third kappa shape index (κ3) is 4.46. The molecule has 0 saturated heterocycles. The lowest BCUT2D eigenvalue weighted by atomic mass is 9.92. The van der Waals surface area contributed by atoms with E-state index in [-0.39, 0.29) is 17.0 Å². The van der Waals surface area contributed by atoms with Gasteiger partial charge in [-0.25, -0.2) is 19.3 Å². The van der Waals surface area contributed by atoms with Crippen LogP contribution in [0.5, 0.6) is 0 Å². The van der Waals surface area contributed by atoms with E-state index in [9.17, 15) is 4.79 Å². The Morgan fingerprint density at radius 1 is 1.03 bits per heavy atom. The normalized spacial score (nSPS) is 14.2. The van der Waals surface area contributed by atoms with Crippen LogP contribution in [0.1, 0.15) is 57.5 Å². The van der Waals surface area contributed by atoms with Crippen LogP contribution >= 0.6 is 0 Å². The van der Waals surface area contributed by atoms with Gasteiger partial charge in [0.15, 0.2) is 11.5 Å². The fourth-order valence-electron chi connectivity index (χ4n) is 4.59. The molecule has 5 rings (SSSR count).